The molecule has 150 valence electrons. The SMILES string of the molecule is CC(C)c1ccccc1NC(=O)[C@H](C)Sc1nc(C2CC2)n(-c2ccccc2)n1. The Balaban J connectivity index is 1.50. The zero-order valence-corrected chi connectivity index (χ0v) is 17.8. The standard InChI is InChI=1S/C23H26N4OS/c1-15(2)19-11-7-8-12-20(19)24-22(28)16(3)29-23-25-21(17-13-14-17)27(26-23)18-9-5-4-6-10-18/h4-12,15-17H,13-14H2,1-3H3,(H,24,28)/t16-/m0/s1. The van der Waals surface area contributed by atoms with E-state index in [0.29, 0.717) is 17.0 Å². The number of nitrogens with one attached hydrogen (secondary N) is 1. The molecule has 0 aliphatic heterocycles. The topological polar surface area (TPSA) is 59.8 Å². The summed E-state index contributed by atoms with van der Waals surface area (Å²) in [6.45, 7) is 6.16. The van der Waals surface area contributed by atoms with Crippen LogP contribution in [0.4, 0.5) is 5.69 Å². The van der Waals surface area contributed by atoms with Crippen LogP contribution in [0.5, 0.6) is 0 Å². The molecular weight excluding hydrogens is 380 g/mol. The maximum absolute atomic E-state index is 12.8. The molecule has 2 aromatic carbocycles. The summed E-state index contributed by atoms with van der Waals surface area (Å²) >= 11 is 1.40. The van der Waals surface area contributed by atoms with Crippen molar-refractivity contribution in [1.82, 2.24) is 14.8 Å². The van der Waals surface area contributed by atoms with Gasteiger partial charge in [-0.3, -0.25) is 4.79 Å². The van der Waals surface area contributed by atoms with E-state index in [0.717, 1.165) is 35.6 Å². The van der Waals surface area contributed by atoms with Crippen LogP contribution in [0.25, 0.3) is 5.69 Å². The molecule has 0 spiro atoms. The summed E-state index contributed by atoms with van der Waals surface area (Å²) in [7, 11) is 0. The molecule has 1 amide bonds. The zero-order chi connectivity index (χ0) is 20.4. The van der Waals surface area contributed by atoms with E-state index in [1.54, 1.807) is 0 Å². The minimum atomic E-state index is -0.297. The van der Waals surface area contributed by atoms with Crippen molar-refractivity contribution in [2.45, 2.75) is 55.9 Å². The number of rotatable bonds is 7. The van der Waals surface area contributed by atoms with Gasteiger partial charge in [0.05, 0.1) is 10.9 Å². The number of carbonyl (C=O) groups excluding carboxylic acids is 1. The van der Waals surface area contributed by atoms with Crippen LogP contribution in [0.2, 0.25) is 0 Å². The number of benzene rings is 2. The van der Waals surface area contributed by atoms with Gasteiger partial charge in [-0.05, 0) is 49.4 Å². The molecule has 1 atom stereocenters. The molecule has 1 heterocycles. The molecule has 29 heavy (non-hydrogen) atoms. The Hall–Kier alpha value is -2.60. The smallest absolute Gasteiger partial charge is 0.237 e. The zero-order valence-electron chi connectivity index (χ0n) is 17.0. The fourth-order valence-electron chi connectivity index (χ4n) is 3.28. The van der Waals surface area contributed by atoms with Gasteiger partial charge in [0.15, 0.2) is 0 Å². The van der Waals surface area contributed by atoms with Crippen molar-refractivity contribution in [3.05, 3.63) is 66.0 Å². The van der Waals surface area contributed by atoms with Crippen LogP contribution < -0.4 is 5.32 Å². The van der Waals surface area contributed by atoms with E-state index >= 15 is 0 Å². The van der Waals surface area contributed by atoms with E-state index in [2.05, 4.69) is 25.2 Å². The summed E-state index contributed by atoms with van der Waals surface area (Å²) < 4.78 is 1.93. The van der Waals surface area contributed by atoms with Gasteiger partial charge < -0.3 is 5.32 Å². The van der Waals surface area contributed by atoms with Crippen LogP contribution in [0, 0.1) is 0 Å². The quantitative estimate of drug-likeness (QED) is 0.535. The molecule has 0 saturated heterocycles. The number of hydrogen-bond acceptors (Lipinski definition) is 4. The molecule has 0 bridgehead atoms. The molecule has 1 aromatic heterocycles. The average Bonchev–Trinajstić information content (AvgIpc) is 3.49. The Kier molecular flexibility index (Phi) is 5.72. The van der Waals surface area contributed by atoms with Gasteiger partial charge in [-0.15, -0.1) is 5.10 Å². The van der Waals surface area contributed by atoms with Crippen LogP contribution in [-0.2, 0) is 4.79 Å². The van der Waals surface area contributed by atoms with Gasteiger partial charge in [-0.25, -0.2) is 9.67 Å². The third-order valence-electron chi connectivity index (χ3n) is 5.05. The van der Waals surface area contributed by atoms with E-state index < -0.39 is 0 Å². The molecule has 1 fully saturated rings. The first-order chi connectivity index (χ1) is 14.0. The summed E-state index contributed by atoms with van der Waals surface area (Å²) in [5.41, 5.74) is 3.03. The largest absolute Gasteiger partial charge is 0.325 e. The highest BCUT2D eigenvalue weighted by Gasteiger charge is 2.31. The van der Waals surface area contributed by atoms with Crippen molar-refractivity contribution in [1.29, 1.82) is 0 Å². The van der Waals surface area contributed by atoms with Crippen LogP contribution in [0.3, 0.4) is 0 Å². The number of aromatic nitrogens is 3. The number of amides is 1. The molecular formula is C23H26N4OS. The molecule has 3 aromatic rings. The summed E-state index contributed by atoms with van der Waals surface area (Å²) in [4.78, 5) is 17.6. The third-order valence-corrected chi connectivity index (χ3v) is 6.00. The molecule has 4 rings (SSSR count). The Morgan fingerprint density at radius 2 is 1.76 bits per heavy atom. The first-order valence-electron chi connectivity index (χ1n) is 10.1. The lowest BCUT2D eigenvalue weighted by Gasteiger charge is -2.15. The predicted molar refractivity (Wildman–Crippen MR) is 118 cm³/mol. The molecule has 5 nitrogen and oxygen atoms in total. The van der Waals surface area contributed by atoms with Gasteiger partial charge in [0, 0.05) is 11.6 Å². The maximum Gasteiger partial charge on any atom is 0.237 e. The van der Waals surface area contributed by atoms with Crippen LogP contribution >= 0.6 is 11.8 Å². The van der Waals surface area contributed by atoms with Crippen LogP contribution in [0.1, 0.15) is 56.8 Å². The molecule has 1 aliphatic carbocycles. The van der Waals surface area contributed by atoms with Crippen molar-refractivity contribution < 1.29 is 4.79 Å². The first kappa shape index (κ1) is 19.7. The second-order valence-electron chi connectivity index (χ2n) is 7.77. The number of anilines is 1. The van der Waals surface area contributed by atoms with Crippen molar-refractivity contribution in [3.8, 4) is 5.69 Å². The lowest BCUT2D eigenvalue weighted by Crippen LogP contribution is -2.23. The average molecular weight is 407 g/mol. The van der Waals surface area contributed by atoms with Gasteiger partial charge in [-0.2, -0.15) is 0 Å². The Morgan fingerprint density at radius 3 is 2.45 bits per heavy atom. The van der Waals surface area contributed by atoms with E-state index in [9.17, 15) is 4.79 Å². The van der Waals surface area contributed by atoms with Crippen molar-refractivity contribution in [3.63, 3.8) is 0 Å². The molecule has 0 unspecified atom stereocenters. The Morgan fingerprint density at radius 1 is 1.07 bits per heavy atom. The Labute approximate surface area is 175 Å². The highest BCUT2D eigenvalue weighted by atomic mass is 32.2. The number of carbonyl (C=O) groups is 1. The number of para-hydroxylation sites is 2. The summed E-state index contributed by atoms with van der Waals surface area (Å²) in [5, 5.41) is 8.13. The minimum Gasteiger partial charge on any atom is -0.325 e. The highest BCUT2D eigenvalue weighted by molar-refractivity contribution is 8.00. The fourth-order valence-corrected chi connectivity index (χ4v) is 4.04. The molecule has 6 heteroatoms. The molecule has 1 saturated carbocycles. The van der Waals surface area contributed by atoms with Gasteiger partial charge in [0.25, 0.3) is 0 Å². The molecule has 1 N–H and O–H groups in total. The number of hydrogen-bond donors (Lipinski definition) is 1. The molecule has 1 aliphatic rings. The Bertz CT molecular complexity index is 995. The van der Waals surface area contributed by atoms with Crippen LogP contribution in [0.15, 0.2) is 59.8 Å². The van der Waals surface area contributed by atoms with Gasteiger partial charge >= 0.3 is 0 Å². The number of nitrogens with zero attached hydrogens (tertiary/aromatic N) is 3. The number of thioether (sulfide) groups is 1. The van der Waals surface area contributed by atoms with E-state index in [1.807, 2.05) is 60.1 Å². The normalized spacial score (nSPS) is 14.8. The fraction of sp³-hybridized carbons (Fsp3) is 0.348. The minimum absolute atomic E-state index is 0.0351. The lowest BCUT2D eigenvalue weighted by molar-refractivity contribution is -0.115. The highest BCUT2D eigenvalue weighted by Crippen LogP contribution is 2.40. The lowest BCUT2D eigenvalue weighted by atomic mass is 10.0. The van der Waals surface area contributed by atoms with Gasteiger partial charge in [-0.1, -0.05) is 62.0 Å². The van der Waals surface area contributed by atoms with Gasteiger partial charge in [0.2, 0.25) is 11.1 Å². The monoisotopic (exact) mass is 406 g/mol. The van der Waals surface area contributed by atoms with E-state index in [-0.39, 0.29) is 11.2 Å². The van der Waals surface area contributed by atoms with Gasteiger partial charge in [0.1, 0.15) is 5.82 Å². The van der Waals surface area contributed by atoms with Crippen molar-refractivity contribution in [2.24, 2.45) is 0 Å². The summed E-state index contributed by atoms with van der Waals surface area (Å²) in [6.07, 6.45) is 2.30. The summed E-state index contributed by atoms with van der Waals surface area (Å²) in [6, 6.07) is 18.0. The first-order valence-corrected chi connectivity index (χ1v) is 11.0. The third kappa shape index (κ3) is 4.53. The molecule has 0 radical (unpaired) electrons. The maximum atomic E-state index is 12.8. The van der Waals surface area contributed by atoms with E-state index in [1.165, 1.54) is 11.8 Å². The van der Waals surface area contributed by atoms with Crippen molar-refractivity contribution in [2.75, 3.05) is 5.32 Å². The predicted octanol–water partition coefficient (Wildman–Crippen LogP) is 5.39. The second kappa shape index (κ2) is 8.41. The van der Waals surface area contributed by atoms with E-state index in [4.69, 9.17) is 10.1 Å². The van der Waals surface area contributed by atoms with Crippen LogP contribution in [-0.4, -0.2) is 25.9 Å². The van der Waals surface area contributed by atoms with Crippen molar-refractivity contribution >= 4 is 23.4 Å². The summed E-state index contributed by atoms with van der Waals surface area (Å²) in [5.74, 6) is 1.78. The second-order valence-corrected chi connectivity index (χ2v) is 9.07.